The van der Waals surface area contributed by atoms with E-state index in [1.807, 2.05) is 84.9 Å². The molecule has 4 nitrogen and oxygen atoms in total. The largest absolute Gasteiger partial charge is 0.398 e. The Bertz CT molecular complexity index is 941. The topological polar surface area (TPSA) is 64.7 Å². The third kappa shape index (κ3) is 3.10. The Hall–Kier alpha value is -3.53. The van der Waals surface area contributed by atoms with E-state index in [9.17, 15) is 0 Å². The van der Waals surface area contributed by atoms with Crippen LogP contribution in [0.15, 0.2) is 84.9 Å². The van der Waals surface area contributed by atoms with Crippen LogP contribution in [-0.2, 0) is 0 Å². The van der Waals surface area contributed by atoms with Crippen molar-refractivity contribution in [3.63, 3.8) is 0 Å². The average molecular weight is 324 g/mol. The number of nitrogens with two attached hydrogens (primary N) is 1. The normalized spacial score (nSPS) is 10.6. The summed E-state index contributed by atoms with van der Waals surface area (Å²) in [5, 5.41) is 0. The molecule has 4 aromatic rings. The molecule has 25 heavy (non-hydrogen) atoms. The van der Waals surface area contributed by atoms with Crippen LogP contribution in [0.3, 0.4) is 0 Å². The lowest BCUT2D eigenvalue weighted by Gasteiger charge is -2.09. The molecule has 0 aliphatic rings. The minimum atomic E-state index is 0.575. The number of aromatic nitrogens is 3. The van der Waals surface area contributed by atoms with Gasteiger partial charge in [0, 0.05) is 22.4 Å². The number of anilines is 1. The molecule has 0 radical (unpaired) electrons. The summed E-state index contributed by atoms with van der Waals surface area (Å²) in [4.78, 5) is 14.0. The summed E-state index contributed by atoms with van der Waals surface area (Å²) >= 11 is 0. The molecule has 0 atom stereocenters. The van der Waals surface area contributed by atoms with Gasteiger partial charge in [-0.25, -0.2) is 15.0 Å². The minimum Gasteiger partial charge on any atom is -0.398 e. The van der Waals surface area contributed by atoms with Gasteiger partial charge in [0.1, 0.15) is 0 Å². The van der Waals surface area contributed by atoms with Gasteiger partial charge in [0.25, 0.3) is 0 Å². The molecule has 4 heteroatoms. The number of hydrogen-bond acceptors (Lipinski definition) is 4. The van der Waals surface area contributed by atoms with Gasteiger partial charge in [-0.2, -0.15) is 0 Å². The van der Waals surface area contributed by atoms with Crippen molar-refractivity contribution in [2.45, 2.75) is 0 Å². The van der Waals surface area contributed by atoms with Crippen LogP contribution < -0.4 is 5.73 Å². The van der Waals surface area contributed by atoms with Crippen LogP contribution in [0.25, 0.3) is 34.2 Å². The highest BCUT2D eigenvalue weighted by molar-refractivity contribution is 5.74. The summed E-state index contributed by atoms with van der Waals surface area (Å²) in [6.45, 7) is 0. The lowest BCUT2D eigenvalue weighted by molar-refractivity contribution is 1.07. The molecule has 1 heterocycles. The molecule has 0 fully saturated rings. The van der Waals surface area contributed by atoms with Gasteiger partial charge in [-0.15, -0.1) is 0 Å². The van der Waals surface area contributed by atoms with E-state index < -0.39 is 0 Å². The van der Waals surface area contributed by atoms with Gasteiger partial charge in [0.2, 0.25) is 0 Å². The van der Waals surface area contributed by atoms with Crippen LogP contribution in [-0.4, -0.2) is 15.0 Å². The van der Waals surface area contributed by atoms with Crippen molar-refractivity contribution in [3.8, 4) is 34.2 Å². The molecule has 0 saturated heterocycles. The number of nitrogens with zero attached hydrogens (tertiary/aromatic N) is 3. The lowest BCUT2D eigenvalue weighted by Crippen LogP contribution is -2.01. The Morgan fingerprint density at radius 1 is 0.480 bits per heavy atom. The van der Waals surface area contributed by atoms with E-state index in [1.165, 1.54) is 0 Å². The third-order valence-corrected chi connectivity index (χ3v) is 3.90. The van der Waals surface area contributed by atoms with Crippen molar-refractivity contribution in [3.05, 3.63) is 84.9 Å². The van der Waals surface area contributed by atoms with Gasteiger partial charge < -0.3 is 5.73 Å². The van der Waals surface area contributed by atoms with Crippen molar-refractivity contribution in [1.29, 1.82) is 0 Å². The molecule has 0 unspecified atom stereocenters. The lowest BCUT2D eigenvalue weighted by atomic mass is 10.1. The second-order valence-electron chi connectivity index (χ2n) is 5.63. The Balaban J connectivity index is 1.94. The standard InChI is InChI=1S/C21H16N4/c22-18-14-8-7-13-17(18)21-24-19(15-9-3-1-4-10-15)23-20(25-21)16-11-5-2-6-12-16/h1-14H,22H2. The van der Waals surface area contributed by atoms with Crippen LogP contribution in [0.4, 0.5) is 5.69 Å². The van der Waals surface area contributed by atoms with Crippen LogP contribution in [0, 0.1) is 0 Å². The van der Waals surface area contributed by atoms with Gasteiger partial charge in [-0.1, -0.05) is 72.8 Å². The van der Waals surface area contributed by atoms with E-state index in [2.05, 4.69) is 15.0 Å². The number of hydrogen-bond donors (Lipinski definition) is 1. The molecule has 120 valence electrons. The molecular weight excluding hydrogens is 308 g/mol. The first-order chi connectivity index (χ1) is 12.3. The number of nitrogen functional groups attached to an aromatic ring is 1. The Kier molecular flexibility index (Phi) is 3.92. The predicted molar refractivity (Wildman–Crippen MR) is 101 cm³/mol. The fourth-order valence-electron chi connectivity index (χ4n) is 2.63. The average Bonchev–Trinajstić information content (AvgIpc) is 2.69. The summed E-state index contributed by atoms with van der Waals surface area (Å²) in [5.41, 5.74) is 9.46. The van der Waals surface area contributed by atoms with Crippen molar-refractivity contribution < 1.29 is 0 Å². The molecule has 0 amide bonds. The fourth-order valence-corrected chi connectivity index (χ4v) is 2.63. The zero-order valence-electron chi connectivity index (χ0n) is 13.5. The monoisotopic (exact) mass is 324 g/mol. The molecule has 0 saturated carbocycles. The van der Waals surface area contributed by atoms with E-state index in [0.717, 1.165) is 16.7 Å². The highest BCUT2D eigenvalue weighted by Crippen LogP contribution is 2.27. The second kappa shape index (κ2) is 6.53. The summed E-state index contributed by atoms with van der Waals surface area (Å²) in [7, 11) is 0. The first kappa shape index (κ1) is 15.0. The van der Waals surface area contributed by atoms with Crippen LogP contribution in [0.5, 0.6) is 0 Å². The van der Waals surface area contributed by atoms with Gasteiger partial charge in [-0.3, -0.25) is 0 Å². The zero-order valence-corrected chi connectivity index (χ0v) is 13.5. The molecule has 1 aromatic heterocycles. The molecule has 0 aliphatic heterocycles. The first-order valence-corrected chi connectivity index (χ1v) is 8.03. The highest BCUT2D eigenvalue weighted by Gasteiger charge is 2.13. The Morgan fingerprint density at radius 3 is 1.44 bits per heavy atom. The number of rotatable bonds is 3. The highest BCUT2D eigenvalue weighted by atomic mass is 15.0. The van der Waals surface area contributed by atoms with Crippen molar-refractivity contribution in [2.24, 2.45) is 0 Å². The van der Waals surface area contributed by atoms with E-state index in [0.29, 0.717) is 23.2 Å². The first-order valence-electron chi connectivity index (χ1n) is 8.03. The van der Waals surface area contributed by atoms with E-state index >= 15 is 0 Å². The molecule has 4 rings (SSSR count). The summed E-state index contributed by atoms with van der Waals surface area (Å²) in [6, 6.07) is 27.4. The van der Waals surface area contributed by atoms with E-state index in [-0.39, 0.29) is 0 Å². The van der Waals surface area contributed by atoms with Crippen molar-refractivity contribution in [2.75, 3.05) is 5.73 Å². The molecule has 0 spiro atoms. The van der Waals surface area contributed by atoms with Crippen molar-refractivity contribution in [1.82, 2.24) is 15.0 Å². The van der Waals surface area contributed by atoms with Gasteiger partial charge >= 0.3 is 0 Å². The summed E-state index contributed by atoms with van der Waals surface area (Å²) < 4.78 is 0. The van der Waals surface area contributed by atoms with Crippen LogP contribution >= 0.6 is 0 Å². The minimum absolute atomic E-state index is 0.575. The third-order valence-electron chi connectivity index (χ3n) is 3.90. The maximum atomic E-state index is 6.13. The van der Waals surface area contributed by atoms with Crippen LogP contribution in [0.1, 0.15) is 0 Å². The number of para-hydroxylation sites is 1. The predicted octanol–water partition coefficient (Wildman–Crippen LogP) is 4.45. The summed E-state index contributed by atoms with van der Waals surface area (Å²) in [6.07, 6.45) is 0. The Labute approximate surface area is 146 Å². The van der Waals surface area contributed by atoms with Gasteiger partial charge in [0.15, 0.2) is 17.5 Å². The molecule has 0 aliphatic carbocycles. The fraction of sp³-hybridized carbons (Fsp3) is 0. The van der Waals surface area contributed by atoms with Crippen molar-refractivity contribution >= 4 is 5.69 Å². The van der Waals surface area contributed by atoms with Gasteiger partial charge in [-0.05, 0) is 12.1 Å². The number of benzene rings is 3. The van der Waals surface area contributed by atoms with Gasteiger partial charge in [0.05, 0.1) is 0 Å². The summed E-state index contributed by atoms with van der Waals surface area (Å²) in [5.74, 6) is 1.84. The Morgan fingerprint density at radius 2 is 0.920 bits per heavy atom. The quantitative estimate of drug-likeness (QED) is 0.565. The molecule has 2 N–H and O–H groups in total. The maximum Gasteiger partial charge on any atom is 0.166 e. The maximum absolute atomic E-state index is 6.13. The molecule has 0 bridgehead atoms. The van der Waals surface area contributed by atoms with E-state index in [4.69, 9.17) is 5.73 Å². The van der Waals surface area contributed by atoms with E-state index in [1.54, 1.807) is 0 Å². The second-order valence-corrected chi connectivity index (χ2v) is 5.63. The zero-order chi connectivity index (χ0) is 17.1. The SMILES string of the molecule is Nc1ccccc1-c1nc(-c2ccccc2)nc(-c2ccccc2)n1. The molecule has 3 aromatic carbocycles. The molecular formula is C21H16N4. The van der Waals surface area contributed by atoms with Crippen LogP contribution in [0.2, 0.25) is 0 Å². The smallest absolute Gasteiger partial charge is 0.166 e.